The Kier molecular flexibility index (Phi) is 11.6. The number of halogens is 3. The third-order valence-corrected chi connectivity index (χ3v) is 14.8. The van der Waals surface area contributed by atoms with Crippen LogP contribution in [0.1, 0.15) is 56.0 Å². The largest absolute Gasteiger partial charge is 0.489 e. The lowest BCUT2D eigenvalue weighted by Gasteiger charge is -2.36. The first-order valence-corrected chi connectivity index (χ1v) is 23.5. The van der Waals surface area contributed by atoms with E-state index in [2.05, 4.69) is 46.2 Å². The van der Waals surface area contributed by atoms with Gasteiger partial charge in [-0.1, -0.05) is 13.8 Å². The summed E-state index contributed by atoms with van der Waals surface area (Å²) in [5, 5.41) is 8.10. The number of ether oxygens (including phenoxy) is 4. The minimum atomic E-state index is -4.27. The zero-order chi connectivity index (χ0) is 45.4. The molecule has 0 radical (unpaired) electrons. The fourth-order valence-corrected chi connectivity index (χ4v) is 11.3. The average Bonchev–Trinajstić information content (AvgIpc) is 3.61. The van der Waals surface area contributed by atoms with Crippen molar-refractivity contribution in [3.63, 3.8) is 0 Å². The number of hydrazine groups is 1. The highest BCUT2D eigenvalue weighted by atomic mass is 32.1. The molecule has 3 saturated heterocycles. The topological polar surface area (TPSA) is 153 Å². The van der Waals surface area contributed by atoms with E-state index < -0.39 is 42.3 Å². The number of pyridine rings is 1. The molecule has 3 aromatic heterocycles. The molecule has 5 aliphatic heterocycles. The van der Waals surface area contributed by atoms with E-state index in [1.165, 1.54) is 21.2 Å². The Labute approximate surface area is 378 Å². The maximum Gasteiger partial charge on any atom is 0.401 e. The van der Waals surface area contributed by atoms with Crippen LogP contribution < -0.4 is 20.4 Å². The van der Waals surface area contributed by atoms with Crippen molar-refractivity contribution in [2.24, 2.45) is 23.2 Å². The summed E-state index contributed by atoms with van der Waals surface area (Å²) in [6, 6.07) is 4.53. The van der Waals surface area contributed by atoms with Crippen molar-refractivity contribution in [2.45, 2.75) is 77.4 Å². The van der Waals surface area contributed by atoms with Gasteiger partial charge in [-0.25, -0.2) is 10.4 Å². The molecule has 0 spiro atoms. The fraction of sp³-hybridized carbons (Fsp3) is 0.587. The SMILES string of the molecule is CO[C@@H](C)c1ncc(N2CCN(CC(F)(F)F)CC2)cc1-c1c2c3cc(cc4c3n1CCO4)-c1csc(n1)C[C@H](NC(=O)C1[C@H]3COC[C@@H]13)C(=O)N1CCC[C@H](N1)C(=O)OCC(C)(C)C2. The lowest BCUT2D eigenvalue weighted by atomic mass is 9.84. The molecular weight excluding hydrogens is 866 g/mol. The summed E-state index contributed by atoms with van der Waals surface area (Å²) in [5.41, 5.74) is 9.24. The molecule has 348 valence electrons. The van der Waals surface area contributed by atoms with Crippen LogP contribution >= 0.6 is 11.3 Å². The number of hydrogen-bond donors (Lipinski definition) is 2. The van der Waals surface area contributed by atoms with Gasteiger partial charge in [-0.2, -0.15) is 13.2 Å². The van der Waals surface area contributed by atoms with Gasteiger partial charge < -0.3 is 33.7 Å². The van der Waals surface area contributed by atoms with Gasteiger partial charge in [0.25, 0.3) is 5.91 Å². The summed E-state index contributed by atoms with van der Waals surface area (Å²) in [6.07, 6.45) is -1.20. The minimum Gasteiger partial charge on any atom is -0.489 e. The van der Waals surface area contributed by atoms with E-state index in [-0.39, 0.29) is 55.7 Å². The predicted octanol–water partition coefficient (Wildman–Crippen LogP) is 5.15. The molecule has 1 aromatic carbocycles. The monoisotopic (exact) mass is 920 g/mol. The van der Waals surface area contributed by atoms with Crippen molar-refractivity contribution in [2.75, 3.05) is 77.7 Å². The molecule has 10 rings (SSSR count). The van der Waals surface area contributed by atoms with Crippen molar-refractivity contribution >= 4 is 45.7 Å². The number of esters is 1. The van der Waals surface area contributed by atoms with Crippen LogP contribution in [0.2, 0.25) is 0 Å². The summed E-state index contributed by atoms with van der Waals surface area (Å²) in [6.45, 7) is 8.93. The van der Waals surface area contributed by atoms with Gasteiger partial charge >= 0.3 is 12.1 Å². The molecule has 4 fully saturated rings. The zero-order valence-electron chi connectivity index (χ0n) is 37.0. The summed E-state index contributed by atoms with van der Waals surface area (Å²) in [4.78, 5) is 55.5. The lowest BCUT2D eigenvalue weighted by molar-refractivity contribution is -0.155. The highest BCUT2D eigenvalue weighted by Crippen LogP contribution is 2.51. The molecule has 8 heterocycles. The molecule has 2 N–H and O–H groups in total. The van der Waals surface area contributed by atoms with E-state index in [4.69, 9.17) is 28.9 Å². The minimum absolute atomic E-state index is 0.0799. The number of methoxy groups -OCH3 is 1. The van der Waals surface area contributed by atoms with Crippen LogP contribution in [0.4, 0.5) is 18.9 Å². The number of alkyl halides is 3. The van der Waals surface area contributed by atoms with Gasteiger partial charge in [0.05, 0.1) is 78.5 Å². The zero-order valence-corrected chi connectivity index (χ0v) is 37.9. The molecule has 1 unspecified atom stereocenters. The number of cyclic esters (lactones) is 1. The number of piperazine rings is 1. The van der Waals surface area contributed by atoms with E-state index in [1.54, 1.807) is 13.3 Å². The van der Waals surface area contributed by atoms with Crippen LogP contribution in [0, 0.1) is 23.2 Å². The number of aromatic nitrogens is 3. The molecule has 6 aliphatic rings. The second kappa shape index (κ2) is 17.1. The number of nitrogens with zero attached hydrogens (tertiary/aromatic N) is 6. The number of rotatable bonds is 7. The Balaban J connectivity index is 1.07. The number of fused-ring (bicyclic) bond motifs is 7. The van der Waals surface area contributed by atoms with Crippen molar-refractivity contribution in [1.82, 2.24) is 35.2 Å². The normalized spacial score (nSPS) is 26.3. The van der Waals surface area contributed by atoms with Crippen molar-refractivity contribution < 1.29 is 46.5 Å². The van der Waals surface area contributed by atoms with Crippen LogP contribution in [-0.4, -0.2) is 133 Å². The Hall–Kier alpha value is -4.82. The molecule has 1 saturated carbocycles. The van der Waals surface area contributed by atoms with E-state index in [0.29, 0.717) is 87.4 Å². The Morgan fingerprint density at radius 3 is 2.62 bits per heavy atom. The van der Waals surface area contributed by atoms with Crippen LogP contribution in [-0.2, 0) is 48.0 Å². The molecule has 6 bridgehead atoms. The number of anilines is 1. The van der Waals surface area contributed by atoms with Gasteiger partial charge in [0.2, 0.25) is 5.91 Å². The molecule has 2 amide bonds. The van der Waals surface area contributed by atoms with E-state index in [1.807, 2.05) is 18.4 Å². The van der Waals surface area contributed by atoms with Gasteiger partial charge in [0, 0.05) is 79.5 Å². The van der Waals surface area contributed by atoms with Gasteiger partial charge in [-0.05, 0) is 61.8 Å². The highest BCUT2D eigenvalue weighted by Gasteiger charge is 2.58. The fourth-order valence-electron chi connectivity index (χ4n) is 10.4. The first-order valence-electron chi connectivity index (χ1n) is 22.6. The molecule has 6 atom stereocenters. The number of benzene rings is 1. The number of nitrogens with one attached hydrogen (secondary N) is 2. The predicted molar refractivity (Wildman–Crippen MR) is 235 cm³/mol. The summed E-state index contributed by atoms with van der Waals surface area (Å²) < 4.78 is 66.2. The Bertz CT molecular complexity index is 2490. The van der Waals surface area contributed by atoms with E-state index >= 15 is 0 Å². The van der Waals surface area contributed by atoms with Crippen molar-refractivity contribution in [3.05, 3.63) is 46.0 Å². The Morgan fingerprint density at radius 1 is 1.08 bits per heavy atom. The van der Waals surface area contributed by atoms with Crippen LogP contribution in [0.15, 0.2) is 29.8 Å². The number of thiazole rings is 1. The summed E-state index contributed by atoms with van der Waals surface area (Å²) >= 11 is 1.42. The van der Waals surface area contributed by atoms with E-state index in [9.17, 15) is 27.6 Å². The smallest absolute Gasteiger partial charge is 0.401 e. The van der Waals surface area contributed by atoms with Crippen LogP contribution in [0.25, 0.3) is 33.4 Å². The average molecular weight is 921 g/mol. The van der Waals surface area contributed by atoms with Gasteiger partial charge in [0.15, 0.2) is 0 Å². The van der Waals surface area contributed by atoms with Gasteiger partial charge in [-0.3, -0.25) is 29.3 Å². The van der Waals surface area contributed by atoms with Gasteiger partial charge in [0.1, 0.15) is 24.4 Å². The molecule has 19 heteroatoms. The quantitative estimate of drug-likeness (QED) is 0.236. The Morgan fingerprint density at radius 2 is 1.86 bits per heavy atom. The molecule has 1 aliphatic carbocycles. The standard InChI is InChI=1S/C46H55F3N8O7S/c1-25(61-4)39-29(16-27(19-50-39)55-10-8-54(9-11-55)23-46(47,48)49)40-30-18-45(2,3)24-64-44(60)33-6-5-7-57(53-33)43(59)34(52-42(58)38-31-20-62-21-32(31)38)17-37-51-35(22-65-37)26-14-28(30)41-36(15-26)63-13-12-56(40)41/h14-16,19,22,25,31-34,38,53H,5-13,17-18,20-21,23-24H2,1-4H3,(H,52,58)/t25-,31-,32+,33-,34-,38?/m0/s1. The van der Waals surface area contributed by atoms with Crippen LogP contribution in [0.3, 0.4) is 0 Å². The highest BCUT2D eigenvalue weighted by molar-refractivity contribution is 7.10. The summed E-state index contributed by atoms with van der Waals surface area (Å²) in [5.74, 6) is -0.151. The lowest BCUT2D eigenvalue weighted by Crippen LogP contribution is -2.60. The van der Waals surface area contributed by atoms with Gasteiger partial charge in [-0.15, -0.1) is 11.3 Å². The second-order valence-electron chi connectivity index (χ2n) is 19.1. The number of carbonyl (C=O) groups excluding carboxylic acids is 3. The van der Waals surface area contributed by atoms with E-state index in [0.717, 1.165) is 39.0 Å². The first kappa shape index (κ1) is 44.0. The number of hydrogen-bond acceptors (Lipinski definition) is 13. The molecular formula is C46H55F3N8O7S. The molecule has 15 nitrogen and oxygen atoms in total. The maximum atomic E-state index is 14.3. The number of carbonyl (C=O) groups is 3. The first-order chi connectivity index (χ1) is 31.1. The third kappa shape index (κ3) is 8.69. The maximum absolute atomic E-state index is 14.3. The summed E-state index contributed by atoms with van der Waals surface area (Å²) in [7, 11) is 1.64. The number of amides is 2. The third-order valence-electron chi connectivity index (χ3n) is 13.9. The molecule has 65 heavy (non-hydrogen) atoms. The van der Waals surface area contributed by atoms with Crippen LogP contribution in [0.5, 0.6) is 5.75 Å². The van der Waals surface area contributed by atoms with Crippen molar-refractivity contribution in [1.29, 1.82) is 0 Å². The molecule has 4 aromatic rings. The van der Waals surface area contributed by atoms with Crippen molar-refractivity contribution in [3.8, 4) is 28.3 Å². The second-order valence-corrected chi connectivity index (χ2v) is 20.1.